The van der Waals surface area contributed by atoms with Crippen LogP contribution in [-0.2, 0) is 17.3 Å². The van der Waals surface area contributed by atoms with Crippen molar-refractivity contribution in [2.24, 2.45) is 0 Å². The number of hydrogen-bond donors (Lipinski definition) is 0. The van der Waals surface area contributed by atoms with E-state index in [0.29, 0.717) is 6.61 Å². The van der Waals surface area contributed by atoms with E-state index in [2.05, 4.69) is 229 Å². The van der Waals surface area contributed by atoms with Crippen LogP contribution < -0.4 is 9.64 Å². The molecule has 0 fully saturated rings. The molecule has 0 radical (unpaired) electrons. The fourth-order valence-electron chi connectivity index (χ4n) is 10.9. The molecule has 0 unspecified atom stereocenters. The fraction of sp³-hybridized carbons (Fsp3) is 0.0690. The molecule has 0 N–H and O–H groups in total. The smallest absolute Gasteiger partial charge is 0.124 e. The molecular weight excluding hydrogens is 727 g/mol. The third-order valence-corrected chi connectivity index (χ3v) is 13.3. The summed E-state index contributed by atoms with van der Waals surface area (Å²) in [5.74, 6) is 0.965. The lowest BCUT2D eigenvalue weighted by molar-refractivity contribution is 0.357. The molecule has 60 heavy (non-hydrogen) atoms. The third-order valence-electron chi connectivity index (χ3n) is 13.3. The molecular formula is C58H41NO. The second kappa shape index (κ2) is 13.6. The van der Waals surface area contributed by atoms with Crippen LogP contribution in [0, 0.1) is 0 Å². The average molecular weight is 768 g/mol. The van der Waals surface area contributed by atoms with Crippen molar-refractivity contribution >= 4 is 17.1 Å². The number of ether oxygens (including phenoxy) is 1. The molecule has 2 nitrogen and oxygen atoms in total. The van der Waals surface area contributed by atoms with Crippen molar-refractivity contribution in [3.63, 3.8) is 0 Å². The highest BCUT2D eigenvalue weighted by Gasteiger charge is 2.48. The summed E-state index contributed by atoms with van der Waals surface area (Å²) in [5.41, 5.74) is 18.8. The maximum atomic E-state index is 6.25. The quantitative estimate of drug-likeness (QED) is 0.160. The maximum Gasteiger partial charge on any atom is 0.124 e. The molecule has 0 amide bonds. The van der Waals surface area contributed by atoms with Crippen molar-refractivity contribution < 1.29 is 4.74 Å². The summed E-state index contributed by atoms with van der Waals surface area (Å²) in [6.45, 7) is 0.712. The molecule has 9 aromatic carbocycles. The van der Waals surface area contributed by atoms with E-state index in [1.807, 2.05) is 0 Å². The molecule has 2 aliphatic carbocycles. The number of benzene rings is 9. The van der Waals surface area contributed by atoms with Gasteiger partial charge in [0.1, 0.15) is 5.75 Å². The highest BCUT2D eigenvalue weighted by molar-refractivity contribution is 5.92. The monoisotopic (exact) mass is 767 g/mol. The van der Waals surface area contributed by atoms with Crippen LogP contribution in [0.5, 0.6) is 5.75 Å². The maximum absolute atomic E-state index is 6.25. The van der Waals surface area contributed by atoms with Gasteiger partial charge in [0.05, 0.1) is 17.4 Å². The molecule has 0 bridgehead atoms. The van der Waals surface area contributed by atoms with Crippen molar-refractivity contribution in [2.75, 3.05) is 11.5 Å². The Morgan fingerprint density at radius 1 is 0.333 bits per heavy atom. The Morgan fingerprint density at radius 2 is 0.750 bits per heavy atom. The van der Waals surface area contributed by atoms with Gasteiger partial charge in [-0.2, -0.15) is 0 Å². The predicted octanol–water partition coefficient (Wildman–Crippen LogP) is 13.8. The fourth-order valence-corrected chi connectivity index (χ4v) is 10.9. The number of anilines is 3. The molecule has 0 saturated heterocycles. The van der Waals surface area contributed by atoms with E-state index in [1.54, 1.807) is 0 Å². The van der Waals surface area contributed by atoms with Gasteiger partial charge in [-0.25, -0.2) is 0 Å². The topological polar surface area (TPSA) is 12.5 Å². The number of hydrogen-bond acceptors (Lipinski definition) is 2. The lowest BCUT2D eigenvalue weighted by Crippen LogP contribution is -2.29. The van der Waals surface area contributed by atoms with Crippen LogP contribution in [-0.4, -0.2) is 6.61 Å². The minimum atomic E-state index is -0.515. The molecule has 1 aliphatic heterocycles. The van der Waals surface area contributed by atoms with Gasteiger partial charge in [-0.05, 0) is 103 Å². The summed E-state index contributed by atoms with van der Waals surface area (Å²) in [4.78, 5) is 2.44. The predicted molar refractivity (Wildman–Crippen MR) is 245 cm³/mol. The van der Waals surface area contributed by atoms with Gasteiger partial charge in [0.15, 0.2) is 0 Å². The zero-order chi connectivity index (χ0) is 39.7. The number of nitrogens with zero attached hydrogens (tertiary/aromatic N) is 1. The van der Waals surface area contributed by atoms with Crippen LogP contribution >= 0.6 is 0 Å². The van der Waals surface area contributed by atoms with Crippen LogP contribution in [0.15, 0.2) is 224 Å². The van der Waals surface area contributed by atoms with E-state index in [0.717, 1.165) is 29.2 Å². The summed E-state index contributed by atoms with van der Waals surface area (Å²) < 4.78 is 6.25. The van der Waals surface area contributed by atoms with Crippen LogP contribution in [0.3, 0.4) is 0 Å². The summed E-state index contributed by atoms with van der Waals surface area (Å²) in [6.07, 6.45) is 0.931. The van der Waals surface area contributed by atoms with Crippen molar-refractivity contribution in [1.29, 1.82) is 0 Å². The van der Waals surface area contributed by atoms with Gasteiger partial charge in [-0.15, -0.1) is 0 Å². The Morgan fingerprint density at radius 3 is 1.33 bits per heavy atom. The zero-order valence-corrected chi connectivity index (χ0v) is 33.1. The van der Waals surface area contributed by atoms with E-state index in [4.69, 9.17) is 4.74 Å². The minimum absolute atomic E-state index is 0.469. The van der Waals surface area contributed by atoms with Crippen molar-refractivity contribution in [3.8, 4) is 28.0 Å². The van der Waals surface area contributed by atoms with Crippen LogP contribution in [0.1, 0.15) is 50.1 Å². The second-order valence-electron chi connectivity index (χ2n) is 16.2. The van der Waals surface area contributed by atoms with Gasteiger partial charge in [-0.1, -0.05) is 188 Å². The first kappa shape index (κ1) is 34.6. The molecule has 12 rings (SSSR count). The summed E-state index contributed by atoms with van der Waals surface area (Å²) in [6, 6.07) is 83.2. The van der Waals surface area contributed by atoms with E-state index in [-0.39, 0.29) is 0 Å². The number of rotatable bonds is 7. The Kier molecular flexibility index (Phi) is 7.83. The molecule has 1 heterocycles. The molecule has 0 spiro atoms. The van der Waals surface area contributed by atoms with Gasteiger partial charge in [0, 0.05) is 29.5 Å². The highest BCUT2D eigenvalue weighted by atomic mass is 16.5. The second-order valence-corrected chi connectivity index (χ2v) is 16.2. The standard InChI is InChI=1S/C58H41NO/c1-5-17-41(18-6-1)57(42-19-7-2-8-20-42)53-28-16-14-26-49(53)51-37-45(32-34-54(51)57)59(47-30-29-40-35-36-60-56(40)39-47)46-31-33-50-48-25-13-15-27-52(48)58(55(50)38-46,43-21-9-3-10-22-43)44-23-11-4-12-24-44/h1-34,37-39H,35-36H2. The molecule has 284 valence electrons. The Labute approximate surface area is 351 Å². The largest absolute Gasteiger partial charge is 0.493 e. The first-order chi connectivity index (χ1) is 29.8. The molecule has 9 aromatic rings. The van der Waals surface area contributed by atoms with Crippen LogP contribution in [0.25, 0.3) is 22.3 Å². The lowest BCUT2D eigenvalue weighted by Gasteiger charge is -2.35. The molecule has 0 saturated carbocycles. The van der Waals surface area contributed by atoms with E-state index >= 15 is 0 Å². The Hall–Kier alpha value is -7.42. The Bertz CT molecular complexity index is 2990. The van der Waals surface area contributed by atoms with Crippen molar-refractivity contribution in [3.05, 3.63) is 275 Å². The van der Waals surface area contributed by atoms with E-state index in [9.17, 15) is 0 Å². The summed E-state index contributed by atoms with van der Waals surface area (Å²) in [5, 5.41) is 0. The van der Waals surface area contributed by atoms with Gasteiger partial charge in [0.2, 0.25) is 0 Å². The Balaban J connectivity index is 1.12. The lowest BCUT2D eigenvalue weighted by atomic mass is 9.67. The summed E-state index contributed by atoms with van der Waals surface area (Å²) in [7, 11) is 0. The highest BCUT2D eigenvalue weighted by Crippen LogP contribution is 2.59. The zero-order valence-electron chi connectivity index (χ0n) is 33.1. The van der Waals surface area contributed by atoms with Gasteiger partial charge < -0.3 is 9.64 Å². The van der Waals surface area contributed by atoms with Crippen molar-refractivity contribution in [1.82, 2.24) is 0 Å². The van der Waals surface area contributed by atoms with Gasteiger partial charge in [0.25, 0.3) is 0 Å². The third kappa shape index (κ3) is 4.88. The first-order valence-electron chi connectivity index (χ1n) is 21.0. The van der Waals surface area contributed by atoms with E-state index in [1.165, 1.54) is 72.3 Å². The van der Waals surface area contributed by atoms with Gasteiger partial charge >= 0.3 is 0 Å². The average Bonchev–Trinajstić information content (AvgIpc) is 4.00. The molecule has 0 aromatic heterocycles. The van der Waals surface area contributed by atoms with Crippen LogP contribution in [0.4, 0.5) is 17.1 Å². The van der Waals surface area contributed by atoms with Gasteiger partial charge in [-0.3, -0.25) is 0 Å². The molecule has 2 heteroatoms. The van der Waals surface area contributed by atoms with Crippen molar-refractivity contribution in [2.45, 2.75) is 17.3 Å². The first-order valence-corrected chi connectivity index (χ1v) is 21.0. The van der Waals surface area contributed by atoms with E-state index < -0.39 is 10.8 Å². The molecule has 0 atom stereocenters. The SMILES string of the molecule is c1ccc(C2(c3ccccc3)c3ccccc3-c3cc(N(c4ccc5c(c4)OCC5)c4ccc5c(c4)C(c4ccccc4)(c4ccccc4)c4ccccc4-5)ccc32)cc1. The summed E-state index contributed by atoms with van der Waals surface area (Å²) >= 11 is 0. The number of fused-ring (bicyclic) bond motifs is 7. The van der Waals surface area contributed by atoms with Crippen LogP contribution in [0.2, 0.25) is 0 Å². The normalized spacial score (nSPS) is 14.6. The molecule has 3 aliphatic rings. The minimum Gasteiger partial charge on any atom is -0.493 e.